The summed E-state index contributed by atoms with van der Waals surface area (Å²) in [6.45, 7) is 6.30. The summed E-state index contributed by atoms with van der Waals surface area (Å²) in [6, 6.07) is 13.6. The predicted octanol–water partition coefficient (Wildman–Crippen LogP) is 4.56. The van der Waals surface area contributed by atoms with E-state index in [0.717, 1.165) is 5.56 Å². The third-order valence-electron chi connectivity index (χ3n) is 4.29. The molecule has 1 N–H and O–H groups in total. The third-order valence-corrected chi connectivity index (χ3v) is 5.03. The van der Waals surface area contributed by atoms with Crippen molar-refractivity contribution >= 4 is 35.0 Å². The second kappa shape index (κ2) is 11.1. The van der Waals surface area contributed by atoms with Gasteiger partial charge in [-0.05, 0) is 42.7 Å². The predicted molar refractivity (Wildman–Crippen MR) is 116 cm³/mol. The zero-order valence-corrected chi connectivity index (χ0v) is 18.3. The number of rotatable bonds is 9. The number of hydrogen-bond donors (Lipinski definition) is 1. The van der Waals surface area contributed by atoms with E-state index in [0.29, 0.717) is 28.3 Å². The maximum Gasteiger partial charge on any atom is 0.261 e. The summed E-state index contributed by atoms with van der Waals surface area (Å²) in [6.07, 6.45) is 0. The van der Waals surface area contributed by atoms with Crippen molar-refractivity contribution in [3.63, 3.8) is 0 Å². The van der Waals surface area contributed by atoms with E-state index in [1.807, 2.05) is 32.0 Å². The van der Waals surface area contributed by atoms with Crippen LogP contribution in [0.5, 0.6) is 5.75 Å². The normalized spacial score (nSPS) is 11.8. The van der Waals surface area contributed by atoms with E-state index in [2.05, 4.69) is 5.32 Å². The summed E-state index contributed by atoms with van der Waals surface area (Å²) in [5.41, 5.74) is 0.774. The van der Waals surface area contributed by atoms with E-state index in [9.17, 15) is 9.59 Å². The molecule has 0 fully saturated rings. The molecule has 5 nitrogen and oxygen atoms in total. The number of amides is 2. The molecule has 2 rings (SSSR count). The van der Waals surface area contributed by atoms with Crippen LogP contribution in [0.1, 0.15) is 26.3 Å². The van der Waals surface area contributed by atoms with Crippen LogP contribution in [-0.2, 0) is 16.1 Å². The zero-order chi connectivity index (χ0) is 21.4. The summed E-state index contributed by atoms with van der Waals surface area (Å²) in [5.74, 6) is 0.387. The van der Waals surface area contributed by atoms with Gasteiger partial charge in [-0.1, -0.05) is 61.3 Å². The number of carbonyl (C=O) groups excluding carboxylic acids is 2. The molecule has 0 radical (unpaired) electrons. The number of para-hydroxylation sites is 1. The molecule has 0 aromatic heterocycles. The fourth-order valence-electron chi connectivity index (χ4n) is 2.61. The first-order valence-corrected chi connectivity index (χ1v) is 10.2. The van der Waals surface area contributed by atoms with Gasteiger partial charge in [0.25, 0.3) is 5.91 Å². The molecule has 1 atom stereocenters. The highest BCUT2D eigenvalue weighted by Crippen LogP contribution is 2.24. The molecular formula is C22H26Cl2N2O3. The van der Waals surface area contributed by atoms with Crippen LogP contribution in [0.4, 0.5) is 0 Å². The SMILES string of the molecule is CC(C)CNC(=O)[C@@H](C)N(Cc1ccc(Cl)c(Cl)c1)C(=O)COc1ccccc1. The molecule has 0 saturated heterocycles. The minimum absolute atomic E-state index is 0.173. The average Bonchev–Trinajstić information content (AvgIpc) is 2.71. The lowest BCUT2D eigenvalue weighted by atomic mass is 10.1. The maximum atomic E-state index is 12.9. The number of hydrogen-bond acceptors (Lipinski definition) is 3. The lowest BCUT2D eigenvalue weighted by Gasteiger charge is -2.29. The Morgan fingerprint density at radius 2 is 1.72 bits per heavy atom. The quantitative estimate of drug-likeness (QED) is 0.626. The molecular weight excluding hydrogens is 411 g/mol. The van der Waals surface area contributed by atoms with Gasteiger partial charge in [-0.15, -0.1) is 0 Å². The number of ether oxygens (including phenoxy) is 1. The second-order valence-corrected chi connectivity index (χ2v) is 8.00. The molecule has 0 aliphatic rings. The van der Waals surface area contributed by atoms with Crippen molar-refractivity contribution in [2.45, 2.75) is 33.4 Å². The number of halogens is 2. The van der Waals surface area contributed by atoms with Crippen LogP contribution in [0.15, 0.2) is 48.5 Å². The molecule has 2 aromatic rings. The van der Waals surface area contributed by atoms with Gasteiger partial charge in [-0.25, -0.2) is 0 Å². The van der Waals surface area contributed by atoms with E-state index in [-0.39, 0.29) is 25.0 Å². The molecule has 0 bridgehead atoms. The van der Waals surface area contributed by atoms with Gasteiger partial charge in [-0.2, -0.15) is 0 Å². The van der Waals surface area contributed by atoms with Crippen molar-refractivity contribution in [3.8, 4) is 5.75 Å². The van der Waals surface area contributed by atoms with Gasteiger partial charge in [0.05, 0.1) is 10.0 Å². The van der Waals surface area contributed by atoms with Crippen molar-refractivity contribution in [1.29, 1.82) is 0 Å². The van der Waals surface area contributed by atoms with E-state index >= 15 is 0 Å². The minimum Gasteiger partial charge on any atom is -0.484 e. The summed E-state index contributed by atoms with van der Waals surface area (Å²) < 4.78 is 5.59. The van der Waals surface area contributed by atoms with Crippen molar-refractivity contribution in [2.75, 3.05) is 13.2 Å². The topological polar surface area (TPSA) is 58.6 Å². The van der Waals surface area contributed by atoms with Gasteiger partial charge in [0.1, 0.15) is 11.8 Å². The first-order valence-electron chi connectivity index (χ1n) is 9.47. The van der Waals surface area contributed by atoms with Crippen LogP contribution in [-0.4, -0.2) is 35.9 Å². The molecule has 0 heterocycles. The zero-order valence-electron chi connectivity index (χ0n) is 16.8. The van der Waals surface area contributed by atoms with Gasteiger partial charge in [-0.3, -0.25) is 9.59 Å². The molecule has 156 valence electrons. The molecule has 0 unspecified atom stereocenters. The molecule has 2 amide bonds. The molecule has 2 aromatic carbocycles. The van der Waals surface area contributed by atoms with Crippen LogP contribution in [0.25, 0.3) is 0 Å². The fraction of sp³-hybridized carbons (Fsp3) is 0.364. The Balaban J connectivity index is 2.15. The average molecular weight is 437 g/mol. The fourth-order valence-corrected chi connectivity index (χ4v) is 2.94. The monoisotopic (exact) mass is 436 g/mol. The molecule has 7 heteroatoms. The minimum atomic E-state index is -0.671. The van der Waals surface area contributed by atoms with E-state index in [1.165, 1.54) is 4.90 Å². The summed E-state index contributed by atoms with van der Waals surface area (Å²) in [4.78, 5) is 27.0. The van der Waals surface area contributed by atoms with Crippen LogP contribution < -0.4 is 10.1 Å². The van der Waals surface area contributed by atoms with Crippen molar-refractivity contribution in [3.05, 3.63) is 64.1 Å². The number of nitrogens with one attached hydrogen (secondary N) is 1. The summed E-state index contributed by atoms with van der Waals surface area (Å²) in [7, 11) is 0. The largest absolute Gasteiger partial charge is 0.484 e. The Kier molecular flexibility index (Phi) is 8.80. The summed E-state index contributed by atoms with van der Waals surface area (Å²) >= 11 is 12.1. The Morgan fingerprint density at radius 1 is 1.03 bits per heavy atom. The Labute approximate surface area is 181 Å². The van der Waals surface area contributed by atoms with Crippen molar-refractivity contribution in [1.82, 2.24) is 10.2 Å². The van der Waals surface area contributed by atoms with Gasteiger partial charge in [0, 0.05) is 13.1 Å². The standard InChI is InChI=1S/C22H26Cl2N2O3/c1-15(2)12-25-22(28)16(3)26(13-17-9-10-19(23)20(24)11-17)21(27)14-29-18-7-5-4-6-8-18/h4-11,15-16H,12-14H2,1-3H3,(H,25,28)/t16-/m1/s1. The first kappa shape index (κ1) is 23.0. The molecule has 0 saturated carbocycles. The Hall–Kier alpha value is -2.24. The molecule has 0 spiro atoms. The van der Waals surface area contributed by atoms with Crippen LogP contribution >= 0.6 is 23.2 Å². The van der Waals surface area contributed by atoms with Gasteiger partial charge >= 0.3 is 0 Å². The van der Waals surface area contributed by atoms with Gasteiger partial charge in [0.2, 0.25) is 5.91 Å². The van der Waals surface area contributed by atoms with Crippen molar-refractivity contribution in [2.24, 2.45) is 5.92 Å². The van der Waals surface area contributed by atoms with Crippen LogP contribution in [0.2, 0.25) is 10.0 Å². The number of benzene rings is 2. The Bertz CT molecular complexity index is 828. The van der Waals surface area contributed by atoms with E-state index in [1.54, 1.807) is 37.3 Å². The third kappa shape index (κ3) is 7.26. The van der Waals surface area contributed by atoms with Crippen molar-refractivity contribution < 1.29 is 14.3 Å². The van der Waals surface area contributed by atoms with E-state index < -0.39 is 6.04 Å². The number of carbonyl (C=O) groups is 2. The molecule has 0 aliphatic heterocycles. The molecule has 0 aliphatic carbocycles. The smallest absolute Gasteiger partial charge is 0.261 e. The van der Waals surface area contributed by atoms with Gasteiger partial charge in [0.15, 0.2) is 6.61 Å². The Morgan fingerprint density at radius 3 is 2.34 bits per heavy atom. The second-order valence-electron chi connectivity index (χ2n) is 7.19. The summed E-state index contributed by atoms with van der Waals surface area (Å²) in [5, 5.41) is 3.71. The maximum absolute atomic E-state index is 12.9. The lowest BCUT2D eigenvalue weighted by Crippen LogP contribution is -2.49. The van der Waals surface area contributed by atoms with Gasteiger partial charge < -0.3 is 15.0 Å². The highest BCUT2D eigenvalue weighted by atomic mass is 35.5. The highest BCUT2D eigenvalue weighted by Gasteiger charge is 2.26. The number of nitrogens with zero attached hydrogens (tertiary/aromatic N) is 1. The van der Waals surface area contributed by atoms with E-state index in [4.69, 9.17) is 27.9 Å². The van der Waals surface area contributed by atoms with Crippen LogP contribution in [0.3, 0.4) is 0 Å². The highest BCUT2D eigenvalue weighted by molar-refractivity contribution is 6.42. The van der Waals surface area contributed by atoms with Crippen LogP contribution in [0, 0.1) is 5.92 Å². The lowest BCUT2D eigenvalue weighted by molar-refractivity contribution is -0.142. The first-order chi connectivity index (χ1) is 13.8. The molecule has 29 heavy (non-hydrogen) atoms.